The average Bonchev–Trinajstić information content (AvgIpc) is 2.82. The van der Waals surface area contributed by atoms with Gasteiger partial charge in [-0.1, -0.05) is 11.6 Å². The van der Waals surface area contributed by atoms with E-state index in [0.29, 0.717) is 16.4 Å². The number of fused-ring (bicyclic) bond motifs is 1. The Hall–Kier alpha value is -2.40. The van der Waals surface area contributed by atoms with Crippen LogP contribution in [0.25, 0.3) is 11.0 Å². The first-order valence-corrected chi connectivity index (χ1v) is 6.22. The van der Waals surface area contributed by atoms with Crippen molar-refractivity contribution in [2.75, 3.05) is 5.32 Å². The molecule has 2 heterocycles. The van der Waals surface area contributed by atoms with Crippen molar-refractivity contribution in [1.82, 2.24) is 9.97 Å². The number of nitrogens with zero attached hydrogens (tertiary/aromatic N) is 1. The van der Waals surface area contributed by atoms with Crippen LogP contribution >= 0.6 is 11.6 Å². The summed E-state index contributed by atoms with van der Waals surface area (Å²) >= 11 is 5.94. The second kappa shape index (κ2) is 4.94. The molecule has 0 unspecified atom stereocenters. The summed E-state index contributed by atoms with van der Waals surface area (Å²) in [5.41, 5.74) is 1.30. The SMILES string of the molecule is O=C(Nc1ccc(F)cc1)c1ccc2c(Cl)c[nH]c2n1. The van der Waals surface area contributed by atoms with Crippen molar-refractivity contribution in [2.24, 2.45) is 0 Å². The van der Waals surface area contributed by atoms with Crippen molar-refractivity contribution >= 4 is 34.2 Å². The van der Waals surface area contributed by atoms with E-state index in [-0.39, 0.29) is 17.4 Å². The number of nitrogens with one attached hydrogen (secondary N) is 2. The number of aromatic amines is 1. The molecule has 1 amide bonds. The van der Waals surface area contributed by atoms with E-state index in [2.05, 4.69) is 15.3 Å². The lowest BCUT2D eigenvalue weighted by atomic mass is 10.2. The van der Waals surface area contributed by atoms with Crippen LogP contribution in [0.15, 0.2) is 42.6 Å². The van der Waals surface area contributed by atoms with Crippen LogP contribution < -0.4 is 5.32 Å². The Balaban J connectivity index is 1.86. The minimum Gasteiger partial charge on any atom is -0.345 e. The van der Waals surface area contributed by atoms with Gasteiger partial charge in [0.15, 0.2) is 0 Å². The monoisotopic (exact) mass is 289 g/mol. The summed E-state index contributed by atoms with van der Waals surface area (Å²) in [6.07, 6.45) is 1.61. The molecule has 6 heteroatoms. The molecular weight excluding hydrogens is 281 g/mol. The van der Waals surface area contributed by atoms with Gasteiger partial charge >= 0.3 is 0 Å². The Bertz CT molecular complexity index is 783. The van der Waals surface area contributed by atoms with E-state index < -0.39 is 0 Å². The van der Waals surface area contributed by atoms with Crippen LogP contribution in [0, 0.1) is 5.82 Å². The second-order valence-electron chi connectivity index (χ2n) is 4.19. The molecule has 0 fully saturated rings. The fourth-order valence-electron chi connectivity index (χ4n) is 1.83. The molecule has 0 aliphatic carbocycles. The van der Waals surface area contributed by atoms with Gasteiger partial charge in [-0.15, -0.1) is 0 Å². The molecule has 2 aromatic heterocycles. The highest BCUT2D eigenvalue weighted by molar-refractivity contribution is 6.35. The molecule has 0 saturated heterocycles. The van der Waals surface area contributed by atoms with Gasteiger partial charge in [-0.05, 0) is 36.4 Å². The van der Waals surface area contributed by atoms with E-state index in [1.54, 1.807) is 18.3 Å². The quantitative estimate of drug-likeness (QED) is 0.757. The summed E-state index contributed by atoms with van der Waals surface area (Å²) < 4.78 is 12.8. The number of carbonyl (C=O) groups is 1. The van der Waals surface area contributed by atoms with Gasteiger partial charge in [-0.25, -0.2) is 9.37 Å². The highest BCUT2D eigenvalue weighted by Crippen LogP contribution is 2.21. The zero-order valence-corrected chi connectivity index (χ0v) is 10.9. The van der Waals surface area contributed by atoms with Gasteiger partial charge in [-0.2, -0.15) is 0 Å². The van der Waals surface area contributed by atoms with E-state index in [1.807, 2.05) is 0 Å². The highest BCUT2D eigenvalue weighted by atomic mass is 35.5. The first kappa shape index (κ1) is 12.6. The number of anilines is 1. The Morgan fingerprint density at radius 2 is 1.95 bits per heavy atom. The Labute approximate surface area is 118 Å². The second-order valence-corrected chi connectivity index (χ2v) is 4.60. The van der Waals surface area contributed by atoms with E-state index in [9.17, 15) is 9.18 Å². The standard InChI is InChI=1S/C14H9ClFN3O/c15-11-7-17-13-10(11)5-6-12(19-13)14(20)18-9-3-1-8(16)2-4-9/h1-7H,(H,17,19)(H,18,20). The van der Waals surface area contributed by atoms with Crippen molar-refractivity contribution in [2.45, 2.75) is 0 Å². The molecule has 0 saturated carbocycles. The predicted octanol–water partition coefficient (Wildman–Crippen LogP) is 3.61. The minimum absolute atomic E-state index is 0.250. The number of benzene rings is 1. The van der Waals surface area contributed by atoms with Crippen molar-refractivity contribution < 1.29 is 9.18 Å². The summed E-state index contributed by atoms with van der Waals surface area (Å²) in [4.78, 5) is 19.1. The van der Waals surface area contributed by atoms with Gasteiger partial charge < -0.3 is 10.3 Å². The summed E-state index contributed by atoms with van der Waals surface area (Å²) in [5, 5.41) is 3.95. The lowest BCUT2D eigenvalue weighted by molar-refractivity contribution is 0.102. The number of amides is 1. The molecule has 100 valence electrons. The molecule has 20 heavy (non-hydrogen) atoms. The number of halogens is 2. The molecule has 0 radical (unpaired) electrons. The van der Waals surface area contributed by atoms with Gasteiger partial charge in [0, 0.05) is 17.3 Å². The Morgan fingerprint density at radius 3 is 2.70 bits per heavy atom. The smallest absolute Gasteiger partial charge is 0.274 e. The molecule has 0 spiro atoms. The summed E-state index contributed by atoms with van der Waals surface area (Å²) in [6.45, 7) is 0. The van der Waals surface area contributed by atoms with Crippen molar-refractivity contribution in [3.63, 3.8) is 0 Å². The predicted molar refractivity (Wildman–Crippen MR) is 75.5 cm³/mol. The number of hydrogen-bond donors (Lipinski definition) is 2. The fourth-order valence-corrected chi connectivity index (χ4v) is 2.03. The molecular formula is C14H9ClFN3O. The van der Waals surface area contributed by atoms with Crippen LogP contribution in [0.4, 0.5) is 10.1 Å². The van der Waals surface area contributed by atoms with Crippen LogP contribution in [0.3, 0.4) is 0 Å². The molecule has 0 aliphatic rings. The van der Waals surface area contributed by atoms with Crippen LogP contribution in [0.5, 0.6) is 0 Å². The van der Waals surface area contributed by atoms with E-state index in [0.717, 1.165) is 5.39 Å². The molecule has 3 aromatic rings. The van der Waals surface area contributed by atoms with Crippen LogP contribution in [-0.2, 0) is 0 Å². The normalized spacial score (nSPS) is 10.7. The first-order chi connectivity index (χ1) is 9.63. The lowest BCUT2D eigenvalue weighted by Gasteiger charge is -2.04. The topological polar surface area (TPSA) is 57.8 Å². The van der Waals surface area contributed by atoms with Gasteiger partial charge in [0.25, 0.3) is 5.91 Å². The first-order valence-electron chi connectivity index (χ1n) is 5.84. The number of hydrogen-bond acceptors (Lipinski definition) is 2. The minimum atomic E-state index is -0.371. The molecule has 0 aliphatic heterocycles. The zero-order chi connectivity index (χ0) is 14.1. The number of carbonyl (C=O) groups excluding carboxylic acids is 1. The van der Waals surface area contributed by atoms with Crippen LogP contribution in [-0.4, -0.2) is 15.9 Å². The van der Waals surface area contributed by atoms with Gasteiger partial charge in [-0.3, -0.25) is 4.79 Å². The third kappa shape index (κ3) is 2.35. The zero-order valence-electron chi connectivity index (χ0n) is 10.2. The largest absolute Gasteiger partial charge is 0.345 e. The average molecular weight is 290 g/mol. The van der Waals surface area contributed by atoms with Crippen molar-refractivity contribution in [3.8, 4) is 0 Å². The fraction of sp³-hybridized carbons (Fsp3) is 0. The van der Waals surface area contributed by atoms with Crippen molar-refractivity contribution in [1.29, 1.82) is 0 Å². The third-order valence-electron chi connectivity index (χ3n) is 2.82. The molecule has 2 N–H and O–H groups in total. The Kier molecular flexibility index (Phi) is 3.12. The Morgan fingerprint density at radius 1 is 1.20 bits per heavy atom. The lowest BCUT2D eigenvalue weighted by Crippen LogP contribution is -2.13. The highest BCUT2D eigenvalue weighted by Gasteiger charge is 2.10. The number of rotatable bonds is 2. The van der Waals surface area contributed by atoms with E-state index >= 15 is 0 Å². The number of pyridine rings is 1. The summed E-state index contributed by atoms with van der Waals surface area (Å²) in [6, 6.07) is 8.82. The van der Waals surface area contributed by atoms with Crippen molar-refractivity contribution in [3.05, 3.63) is 59.1 Å². The molecule has 0 bridgehead atoms. The van der Waals surface area contributed by atoms with Gasteiger partial charge in [0.2, 0.25) is 0 Å². The van der Waals surface area contributed by atoms with Crippen LogP contribution in [0.1, 0.15) is 10.5 Å². The summed E-state index contributed by atoms with van der Waals surface area (Å²) in [7, 11) is 0. The van der Waals surface area contributed by atoms with E-state index in [1.165, 1.54) is 24.3 Å². The molecule has 1 aromatic carbocycles. The third-order valence-corrected chi connectivity index (χ3v) is 3.14. The maximum atomic E-state index is 12.8. The molecule has 3 rings (SSSR count). The molecule has 0 atom stereocenters. The summed E-state index contributed by atoms with van der Waals surface area (Å²) in [5.74, 6) is -0.729. The van der Waals surface area contributed by atoms with Crippen LogP contribution in [0.2, 0.25) is 5.02 Å². The van der Waals surface area contributed by atoms with Gasteiger partial charge in [0.1, 0.15) is 17.2 Å². The molecule has 4 nitrogen and oxygen atoms in total. The maximum Gasteiger partial charge on any atom is 0.274 e. The van der Waals surface area contributed by atoms with Gasteiger partial charge in [0.05, 0.1) is 5.02 Å². The maximum absolute atomic E-state index is 12.8. The van der Waals surface area contributed by atoms with E-state index in [4.69, 9.17) is 11.6 Å². The number of H-pyrrole nitrogens is 1. The number of aromatic nitrogens is 2.